The van der Waals surface area contributed by atoms with E-state index in [9.17, 15) is 10.1 Å². The predicted octanol–water partition coefficient (Wildman–Crippen LogP) is 7.70. The van der Waals surface area contributed by atoms with Crippen LogP contribution in [0.1, 0.15) is 67.5 Å². The number of rotatable bonds is 8. The molecule has 9 heteroatoms. The van der Waals surface area contributed by atoms with Crippen LogP contribution in [0.5, 0.6) is 11.5 Å². The monoisotopic (exact) mass is 662 g/mol. The zero-order valence-electron chi connectivity index (χ0n) is 22.1. The van der Waals surface area contributed by atoms with Crippen LogP contribution in [0.15, 0.2) is 73.4 Å². The predicted molar refractivity (Wildman–Crippen MR) is 163 cm³/mol. The van der Waals surface area contributed by atoms with Gasteiger partial charge in [-0.25, -0.2) is 4.98 Å². The van der Waals surface area contributed by atoms with Crippen LogP contribution in [0.25, 0.3) is 10.9 Å². The molecule has 0 unspecified atom stereocenters. The molecule has 7 nitrogen and oxygen atoms in total. The van der Waals surface area contributed by atoms with Crippen molar-refractivity contribution in [3.8, 4) is 17.6 Å². The number of fused-ring (bicyclic) bond motifs is 1. The van der Waals surface area contributed by atoms with Gasteiger partial charge in [0.2, 0.25) is 0 Å². The van der Waals surface area contributed by atoms with Crippen LogP contribution < -0.4 is 15.0 Å². The van der Waals surface area contributed by atoms with E-state index in [1.165, 1.54) is 11.1 Å². The third kappa shape index (κ3) is 6.13. The van der Waals surface area contributed by atoms with E-state index in [0.29, 0.717) is 40.4 Å². The first-order chi connectivity index (χ1) is 19.5. The standard InChI is InChI=1S/C31H28Br2N4O3/c1-2-39-28-14-23(26(33)16-29(28)40-19-22-11-7-6-10-21(22)17-34)18-35-37-30(20-8-4-3-5-9-20)36-27-13-12-24(32)15-25(27)31(37)38/h6-7,10-16,18,20H,2-5,8-9,19H2,1H3. The summed E-state index contributed by atoms with van der Waals surface area (Å²) in [6.07, 6.45) is 7.07. The molecule has 0 N–H and O–H groups in total. The molecular formula is C31H28Br2N4O3. The van der Waals surface area contributed by atoms with E-state index in [0.717, 1.165) is 45.8 Å². The highest BCUT2D eigenvalue weighted by molar-refractivity contribution is 9.10. The Balaban J connectivity index is 1.51. The highest BCUT2D eigenvalue weighted by Gasteiger charge is 2.22. The van der Waals surface area contributed by atoms with Crippen molar-refractivity contribution in [2.24, 2.45) is 5.10 Å². The molecule has 0 radical (unpaired) electrons. The fraction of sp³-hybridized carbons (Fsp3) is 0.290. The molecule has 4 aromatic rings. The Morgan fingerprint density at radius 2 is 1.85 bits per heavy atom. The quantitative estimate of drug-likeness (QED) is 0.180. The number of benzene rings is 3. The average molecular weight is 664 g/mol. The maximum Gasteiger partial charge on any atom is 0.282 e. The van der Waals surface area contributed by atoms with Gasteiger partial charge in [0.25, 0.3) is 5.56 Å². The van der Waals surface area contributed by atoms with Crippen LogP contribution in [-0.4, -0.2) is 22.5 Å². The van der Waals surface area contributed by atoms with Gasteiger partial charge in [-0.2, -0.15) is 15.0 Å². The Morgan fingerprint density at radius 1 is 1.07 bits per heavy atom. The number of ether oxygens (including phenoxy) is 2. The summed E-state index contributed by atoms with van der Waals surface area (Å²) >= 11 is 7.11. The van der Waals surface area contributed by atoms with Crippen molar-refractivity contribution in [1.82, 2.24) is 9.66 Å². The molecule has 0 saturated heterocycles. The maximum absolute atomic E-state index is 13.7. The van der Waals surface area contributed by atoms with Gasteiger partial charge in [0.1, 0.15) is 12.4 Å². The number of aromatic nitrogens is 2. The van der Waals surface area contributed by atoms with E-state index < -0.39 is 0 Å². The van der Waals surface area contributed by atoms with Crippen LogP contribution in [0, 0.1) is 11.3 Å². The molecule has 1 aromatic heterocycles. The van der Waals surface area contributed by atoms with Crippen molar-refractivity contribution in [3.05, 3.63) is 96.4 Å². The van der Waals surface area contributed by atoms with E-state index in [1.807, 2.05) is 49.4 Å². The number of nitrogens with zero attached hydrogens (tertiary/aromatic N) is 4. The molecule has 5 rings (SSSR count). The summed E-state index contributed by atoms with van der Waals surface area (Å²) in [6, 6.07) is 18.8. The molecular weight excluding hydrogens is 636 g/mol. The van der Waals surface area contributed by atoms with Gasteiger partial charge in [-0.1, -0.05) is 53.4 Å². The lowest BCUT2D eigenvalue weighted by Gasteiger charge is -2.22. The van der Waals surface area contributed by atoms with E-state index in [1.54, 1.807) is 18.3 Å². The Hall–Kier alpha value is -3.48. The minimum atomic E-state index is -0.194. The summed E-state index contributed by atoms with van der Waals surface area (Å²) in [6.45, 7) is 2.57. The van der Waals surface area contributed by atoms with Crippen LogP contribution in [0.4, 0.5) is 0 Å². The van der Waals surface area contributed by atoms with E-state index in [-0.39, 0.29) is 18.1 Å². The Bertz CT molecular complexity index is 1670. The molecule has 40 heavy (non-hydrogen) atoms. The number of hydrogen-bond donors (Lipinski definition) is 0. The molecule has 0 bridgehead atoms. The average Bonchev–Trinajstić information content (AvgIpc) is 2.98. The molecule has 0 aliphatic heterocycles. The lowest BCUT2D eigenvalue weighted by atomic mass is 9.88. The summed E-state index contributed by atoms with van der Waals surface area (Å²) < 4.78 is 15.0. The first-order valence-electron chi connectivity index (χ1n) is 13.3. The zero-order chi connectivity index (χ0) is 28.1. The number of hydrogen-bond acceptors (Lipinski definition) is 6. The number of nitriles is 1. The maximum atomic E-state index is 13.7. The minimum absolute atomic E-state index is 0.182. The summed E-state index contributed by atoms with van der Waals surface area (Å²) in [5, 5.41) is 14.6. The van der Waals surface area contributed by atoms with Crippen LogP contribution in [0.2, 0.25) is 0 Å². The second kappa shape index (κ2) is 12.8. The lowest BCUT2D eigenvalue weighted by Crippen LogP contribution is -2.25. The molecule has 1 saturated carbocycles. The van der Waals surface area contributed by atoms with Crippen LogP contribution in [-0.2, 0) is 6.61 Å². The fourth-order valence-corrected chi connectivity index (χ4v) is 5.75. The van der Waals surface area contributed by atoms with Gasteiger partial charge < -0.3 is 9.47 Å². The van der Waals surface area contributed by atoms with Crippen molar-refractivity contribution >= 4 is 49.0 Å². The van der Waals surface area contributed by atoms with Crippen molar-refractivity contribution in [2.75, 3.05) is 6.61 Å². The van der Waals surface area contributed by atoms with Gasteiger partial charge in [0.15, 0.2) is 11.5 Å². The Labute approximate surface area is 249 Å². The minimum Gasteiger partial charge on any atom is -0.490 e. The van der Waals surface area contributed by atoms with Gasteiger partial charge in [-0.05, 0) is 72.1 Å². The van der Waals surface area contributed by atoms with Gasteiger partial charge in [0, 0.05) is 26.0 Å². The fourth-order valence-electron chi connectivity index (χ4n) is 4.96. The molecule has 1 aliphatic rings. The summed E-state index contributed by atoms with van der Waals surface area (Å²) in [5.41, 5.74) is 2.57. The molecule has 0 amide bonds. The molecule has 1 aliphatic carbocycles. The third-order valence-electron chi connectivity index (χ3n) is 7.00. The van der Waals surface area contributed by atoms with E-state index >= 15 is 0 Å². The first kappa shape index (κ1) is 28.1. The summed E-state index contributed by atoms with van der Waals surface area (Å²) in [4.78, 5) is 18.6. The van der Waals surface area contributed by atoms with Crippen LogP contribution in [0.3, 0.4) is 0 Å². The SMILES string of the molecule is CCOc1cc(C=Nn2c(C3CCCCC3)nc3ccc(Br)cc3c2=O)c(Br)cc1OCc1ccccc1C#N. The Morgan fingerprint density at radius 3 is 2.62 bits per heavy atom. The van der Waals surface area contributed by atoms with Gasteiger partial charge in [0.05, 0.1) is 35.4 Å². The highest BCUT2D eigenvalue weighted by atomic mass is 79.9. The summed E-state index contributed by atoms with van der Waals surface area (Å²) in [5.74, 6) is 1.96. The third-order valence-corrected chi connectivity index (χ3v) is 8.18. The van der Waals surface area contributed by atoms with Gasteiger partial charge in [-0.15, -0.1) is 0 Å². The van der Waals surface area contributed by atoms with Crippen LogP contribution >= 0.6 is 31.9 Å². The van der Waals surface area contributed by atoms with Crippen molar-refractivity contribution in [2.45, 2.75) is 51.6 Å². The largest absolute Gasteiger partial charge is 0.490 e. The first-order valence-corrected chi connectivity index (χ1v) is 14.9. The smallest absolute Gasteiger partial charge is 0.282 e. The van der Waals surface area contributed by atoms with Gasteiger partial charge >= 0.3 is 0 Å². The normalized spacial score (nSPS) is 13.9. The second-order valence-electron chi connectivity index (χ2n) is 9.64. The van der Waals surface area contributed by atoms with Crippen molar-refractivity contribution in [1.29, 1.82) is 5.26 Å². The molecule has 204 valence electrons. The Kier molecular flexibility index (Phi) is 8.98. The summed E-state index contributed by atoms with van der Waals surface area (Å²) in [7, 11) is 0. The van der Waals surface area contributed by atoms with E-state index in [4.69, 9.17) is 14.5 Å². The number of halogens is 2. The highest BCUT2D eigenvalue weighted by Crippen LogP contribution is 2.35. The van der Waals surface area contributed by atoms with E-state index in [2.05, 4.69) is 43.0 Å². The molecule has 1 heterocycles. The lowest BCUT2D eigenvalue weighted by molar-refractivity contribution is 0.269. The molecule has 3 aromatic carbocycles. The molecule has 0 spiro atoms. The molecule has 1 fully saturated rings. The van der Waals surface area contributed by atoms with Crippen molar-refractivity contribution < 1.29 is 9.47 Å². The van der Waals surface area contributed by atoms with Crippen molar-refractivity contribution in [3.63, 3.8) is 0 Å². The zero-order valence-corrected chi connectivity index (χ0v) is 25.2. The topological polar surface area (TPSA) is 89.5 Å². The second-order valence-corrected chi connectivity index (χ2v) is 11.4. The van der Waals surface area contributed by atoms with Gasteiger partial charge in [-0.3, -0.25) is 4.79 Å². The molecule has 0 atom stereocenters.